The van der Waals surface area contributed by atoms with Crippen molar-refractivity contribution in [3.63, 3.8) is 0 Å². The Bertz CT molecular complexity index is 993. The van der Waals surface area contributed by atoms with E-state index in [9.17, 15) is 4.79 Å². The minimum Gasteiger partial charge on any atom is -0.359 e. The van der Waals surface area contributed by atoms with Gasteiger partial charge < -0.3 is 10.6 Å². The summed E-state index contributed by atoms with van der Waals surface area (Å²) >= 11 is 6.71. The maximum atomic E-state index is 12.0. The van der Waals surface area contributed by atoms with Gasteiger partial charge in [-0.05, 0) is 6.42 Å². The Hall–Kier alpha value is -3.25. The monoisotopic (exact) mass is 407 g/mol. The maximum Gasteiger partial charge on any atom is 0.239 e. The van der Waals surface area contributed by atoms with Crippen molar-refractivity contribution >= 4 is 29.0 Å². The smallest absolute Gasteiger partial charge is 0.239 e. The molecule has 148 valence electrons. The molecule has 0 spiro atoms. The zero-order valence-electron chi connectivity index (χ0n) is 16.1. The summed E-state index contributed by atoms with van der Waals surface area (Å²) in [6.45, 7) is 2.61. The topological polar surface area (TPSA) is 90.8 Å². The number of rotatable bonds is 8. The van der Waals surface area contributed by atoms with Crippen molar-refractivity contribution in [3.8, 4) is 11.3 Å². The van der Waals surface area contributed by atoms with Gasteiger partial charge in [0.05, 0.1) is 22.8 Å². The first-order chi connectivity index (χ1) is 14.1. The van der Waals surface area contributed by atoms with Crippen LogP contribution in [0.25, 0.3) is 11.3 Å². The van der Waals surface area contributed by atoms with Crippen LogP contribution in [-0.4, -0.2) is 34.9 Å². The van der Waals surface area contributed by atoms with Gasteiger partial charge in [-0.2, -0.15) is 0 Å². The van der Waals surface area contributed by atoms with Crippen LogP contribution in [0.2, 0.25) is 5.02 Å². The van der Waals surface area contributed by atoms with E-state index in [2.05, 4.69) is 20.8 Å². The molecule has 0 fully saturated rings. The molecule has 1 heterocycles. The van der Waals surface area contributed by atoms with Crippen molar-refractivity contribution in [3.05, 3.63) is 76.8 Å². The number of hydrogen-bond donors (Lipinski definition) is 3. The number of anilines is 1. The molecule has 0 aliphatic heterocycles. The second kappa shape index (κ2) is 9.80. The fourth-order valence-corrected chi connectivity index (χ4v) is 3.12. The lowest BCUT2D eigenvalue weighted by atomic mass is 10.0. The second-order valence-electron chi connectivity index (χ2n) is 6.40. The molecule has 0 aliphatic rings. The summed E-state index contributed by atoms with van der Waals surface area (Å²) in [5.41, 5.74) is 2.61. The summed E-state index contributed by atoms with van der Waals surface area (Å²) < 4.78 is 0. The summed E-state index contributed by atoms with van der Waals surface area (Å²) in [6.07, 6.45) is 0.854. The fraction of sp³-hybridized carbons (Fsp3) is 0.182. The normalized spacial score (nSPS) is 10.4. The quantitative estimate of drug-likeness (QED) is 0.489. The summed E-state index contributed by atoms with van der Waals surface area (Å²) in [7, 11) is 0. The van der Waals surface area contributed by atoms with Crippen LogP contribution in [0.5, 0.6) is 0 Å². The molecule has 1 aromatic heterocycles. The molecule has 6 nitrogen and oxygen atoms in total. The molecule has 0 bridgehead atoms. The van der Waals surface area contributed by atoms with Gasteiger partial charge >= 0.3 is 0 Å². The second-order valence-corrected chi connectivity index (χ2v) is 6.77. The van der Waals surface area contributed by atoms with E-state index >= 15 is 0 Å². The van der Waals surface area contributed by atoms with Crippen LogP contribution in [0.1, 0.15) is 24.5 Å². The van der Waals surface area contributed by atoms with E-state index < -0.39 is 0 Å². The predicted molar refractivity (Wildman–Crippen MR) is 117 cm³/mol. The number of carbonyl (C=O) groups is 1. The molecule has 3 aromatic rings. The Morgan fingerprint density at radius 3 is 2.34 bits per heavy atom. The largest absolute Gasteiger partial charge is 0.359 e. The number of hydrogen-bond acceptors (Lipinski definition) is 5. The molecule has 0 saturated carbocycles. The zero-order valence-corrected chi connectivity index (χ0v) is 16.8. The molecular formula is C22H22ClN5O. The average molecular weight is 408 g/mol. The van der Waals surface area contributed by atoms with E-state index in [1.54, 1.807) is 0 Å². The highest BCUT2D eigenvalue weighted by molar-refractivity contribution is 6.38. The van der Waals surface area contributed by atoms with Crippen molar-refractivity contribution in [2.45, 2.75) is 13.3 Å². The standard InChI is InChI=1S/C22H22ClN5O/c1-2-13-25-17(29)14-26-22-18(20(24)15-9-5-3-6-10-15)19(23)21(27-28-22)16-11-7-4-8-12-16/h3-12,24H,2,13-14H2,1H3,(H,25,29)(H,26,28). The van der Waals surface area contributed by atoms with Crippen LogP contribution in [-0.2, 0) is 4.79 Å². The van der Waals surface area contributed by atoms with Crippen molar-refractivity contribution < 1.29 is 4.79 Å². The van der Waals surface area contributed by atoms with Crippen molar-refractivity contribution in [1.82, 2.24) is 15.5 Å². The Labute approximate surface area is 174 Å². The van der Waals surface area contributed by atoms with Gasteiger partial charge in [-0.15, -0.1) is 10.2 Å². The number of nitrogens with one attached hydrogen (secondary N) is 3. The van der Waals surface area contributed by atoms with Crippen LogP contribution in [0.3, 0.4) is 0 Å². The molecule has 0 atom stereocenters. The van der Waals surface area contributed by atoms with E-state index in [-0.39, 0.29) is 18.2 Å². The minimum atomic E-state index is -0.158. The van der Waals surface area contributed by atoms with Gasteiger partial charge in [0.25, 0.3) is 0 Å². The number of benzene rings is 2. The summed E-state index contributed by atoms with van der Waals surface area (Å²) in [5.74, 6) is 0.143. The lowest BCUT2D eigenvalue weighted by molar-refractivity contribution is -0.119. The first-order valence-corrected chi connectivity index (χ1v) is 9.76. The van der Waals surface area contributed by atoms with Gasteiger partial charge in [-0.3, -0.25) is 10.2 Å². The van der Waals surface area contributed by atoms with E-state index in [4.69, 9.17) is 17.0 Å². The Balaban J connectivity index is 2.00. The van der Waals surface area contributed by atoms with Gasteiger partial charge in [0.2, 0.25) is 5.91 Å². The van der Waals surface area contributed by atoms with Crippen molar-refractivity contribution in [2.24, 2.45) is 0 Å². The van der Waals surface area contributed by atoms with E-state index in [1.165, 1.54) is 0 Å². The highest BCUT2D eigenvalue weighted by Crippen LogP contribution is 2.33. The Kier molecular flexibility index (Phi) is 6.92. The molecule has 29 heavy (non-hydrogen) atoms. The van der Waals surface area contributed by atoms with Gasteiger partial charge in [-0.25, -0.2) is 0 Å². The summed E-state index contributed by atoms with van der Waals surface area (Å²) in [5, 5.41) is 23.3. The van der Waals surface area contributed by atoms with E-state index in [0.717, 1.165) is 12.0 Å². The molecule has 3 rings (SSSR count). The number of halogens is 1. The molecular weight excluding hydrogens is 386 g/mol. The molecule has 7 heteroatoms. The van der Waals surface area contributed by atoms with Crippen molar-refractivity contribution in [2.75, 3.05) is 18.4 Å². The van der Waals surface area contributed by atoms with E-state index in [1.807, 2.05) is 67.6 Å². The molecule has 2 aromatic carbocycles. The van der Waals surface area contributed by atoms with Gasteiger partial charge in [-0.1, -0.05) is 79.2 Å². The third kappa shape index (κ3) is 4.97. The highest BCUT2D eigenvalue weighted by atomic mass is 35.5. The number of carbonyl (C=O) groups excluding carboxylic acids is 1. The predicted octanol–water partition coefficient (Wildman–Crippen LogP) is 4.15. The van der Waals surface area contributed by atoms with Crippen molar-refractivity contribution in [1.29, 1.82) is 5.41 Å². The first kappa shape index (κ1) is 20.5. The van der Waals surface area contributed by atoms with Crippen LogP contribution < -0.4 is 10.6 Å². The highest BCUT2D eigenvalue weighted by Gasteiger charge is 2.21. The van der Waals surface area contributed by atoms with E-state index in [0.29, 0.717) is 34.2 Å². The third-order valence-electron chi connectivity index (χ3n) is 4.26. The van der Waals surface area contributed by atoms with Gasteiger partial charge in [0.15, 0.2) is 5.82 Å². The Morgan fingerprint density at radius 1 is 1.03 bits per heavy atom. The third-order valence-corrected chi connectivity index (χ3v) is 4.63. The molecule has 0 saturated heterocycles. The maximum absolute atomic E-state index is 12.0. The molecule has 3 N–H and O–H groups in total. The first-order valence-electron chi connectivity index (χ1n) is 9.38. The average Bonchev–Trinajstić information content (AvgIpc) is 2.77. The molecule has 0 aliphatic carbocycles. The SMILES string of the molecule is CCCNC(=O)CNc1nnc(-c2ccccc2)c(Cl)c1C(=N)c1ccccc1. The fourth-order valence-electron chi connectivity index (χ4n) is 2.79. The van der Waals surface area contributed by atoms with Crippen LogP contribution in [0.4, 0.5) is 5.82 Å². The summed E-state index contributed by atoms with van der Waals surface area (Å²) in [6, 6.07) is 18.7. The number of aromatic nitrogens is 2. The number of nitrogens with zero attached hydrogens (tertiary/aromatic N) is 2. The minimum absolute atomic E-state index is 0.0186. The van der Waals surface area contributed by atoms with Crippen LogP contribution in [0, 0.1) is 5.41 Å². The zero-order chi connectivity index (χ0) is 20.6. The molecule has 0 radical (unpaired) electrons. The van der Waals surface area contributed by atoms with Crippen LogP contribution in [0.15, 0.2) is 60.7 Å². The molecule has 0 unspecified atom stereocenters. The lowest BCUT2D eigenvalue weighted by Gasteiger charge is -2.15. The lowest BCUT2D eigenvalue weighted by Crippen LogP contribution is -2.31. The number of amides is 1. The van der Waals surface area contributed by atoms with Gasteiger partial charge in [0, 0.05) is 17.7 Å². The van der Waals surface area contributed by atoms with Gasteiger partial charge in [0.1, 0.15) is 5.69 Å². The molecule has 1 amide bonds. The summed E-state index contributed by atoms with van der Waals surface area (Å²) in [4.78, 5) is 12.0. The Morgan fingerprint density at radius 2 is 1.69 bits per heavy atom. The van der Waals surface area contributed by atoms with Crippen LogP contribution >= 0.6 is 11.6 Å².